The van der Waals surface area contributed by atoms with Crippen LogP contribution >= 0.6 is 23.4 Å². The minimum atomic E-state index is -0.575. The van der Waals surface area contributed by atoms with Crippen LogP contribution in [0, 0.1) is 13.8 Å². The Bertz CT molecular complexity index is 925. The fourth-order valence-electron chi connectivity index (χ4n) is 3.12. The van der Waals surface area contributed by atoms with Crippen LogP contribution in [-0.4, -0.2) is 51.9 Å². The van der Waals surface area contributed by atoms with E-state index in [1.807, 2.05) is 42.7 Å². The number of nitrogens with zero attached hydrogens (tertiary/aromatic N) is 2. The summed E-state index contributed by atoms with van der Waals surface area (Å²) in [5, 5.41) is 0.540. The van der Waals surface area contributed by atoms with Gasteiger partial charge in [-0.1, -0.05) is 41.6 Å². The number of Topliss-reactive ketones (excluding diaryl/α,β-unsaturated/α-hetero) is 1. The number of esters is 1. The number of ether oxygens (including phenoxy) is 1. The number of carbonyl (C=O) groups excluding carboxylic acids is 3. The molecule has 0 saturated carbocycles. The SMILES string of the molecule is Cc1cc(C(=O)COC(=O)CN2CCSC2=O)c(C)n1Cc1ccccc1Cl. The minimum absolute atomic E-state index is 0.120. The topological polar surface area (TPSA) is 68.6 Å². The lowest BCUT2D eigenvalue weighted by Gasteiger charge is -2.13. The summed E-state index contributed by atoms with van der Waals surface area (Å²) in [4.78, 5) is 37.4. The van der Waals surface area contributed by atoms with Gasteiger partial charge >= 0.3 is 5.97 Å². The van der Waals surface area contributed by atoms with Crippen molar-refractivity contribution in [3.05, 3.63) is 57.9 Å². The maximum absolute atomic E-state index is 12.6. The van der Waals surface area contributed by atoms with E-state index in [2.05, 4.69) is 0 Å². The molecule has 0 spiro atoms. The molecule has 2 heterocycles. The molecule has 1 aromatic heterocycles. The number of thioether (sulfide) groups is 1. The maximum Gasteiger partial charge on any atom is 0.326 e. The highest BCUT2D eigenvalue weighted by atomic mass is 35.5. The van der Waals surface area contributed by atoms with Gasteiger partial charge in [0.05, 0.1) is 0 Å². The zero-order chi connectivity index (χ0) is 20.3. The number of hydrogen-bond donors (Lipinski definition) is 0. The van der Waals surface area contributed by atoms with E-state index in [1.54, 1.807) is 6.07 Å². The van der Waals surface area contributed by atoms with E-state index in [1.165, 1.54) is 16.7 Å². The minimum Gasteiger partial charge on any atom is -0.456 e. The molecule has 6 nitrogen and oxygen atoms in total. The van der Waals surface area contributed by atoms with Gasteiger partial charge in [-0.3, -0.25) is 14.4 Å². The molecule has 3 rings (SSSR count). The molecular formula is C20H21ClN2O4S. The van der Waals surface area contributed by atoms with E-state index >= 15 is 0 Å². The molecule has 28 heavy (non-hydrogen) atoms. The van der Waals surface area contributed by atoms with Crippen LogP contribution in [-0.2, 0) is 16.1 Å². The maximum atomic E-state index is 12.6. The summed E-state index contributed by atoms with van der Waals surface area (Å²) in [5.74, 6) is -0.175. The van der Waals surface area contributed by atoms with Crippen molar-refractivity contribution in [1.29, 1.82) is 0 Å². The van der Waals surface area contributed by atoms with Gasteiger partial charge in [0.25, 0.3) is 5.24 Å². The summed E-state index contributed by atoms with van der Waals surface area (Å²) >= 11 is 7.42. The van der Waals surface area contributed by atoms with Gasteiger partial charge in [-0.05, 0) is 31.5 Å². The average molecular weight is 421 g/mol. The van der Waals surface area contributed by atoms with E-state index in [-0.39, 0.29) is 24.2 Å². The molecule has 8 heteroatoms. The number of aromatic nitrogens is 1. The number of benzene rings is 1. The first kappa shape index (κ1) is 20.5. The van der Waals surface area contributed by atoms with Crippen molar-refractivity contribution < 1.29 is 19.1 Å². The zero-order valence-corrected chi connectivity index (χ0v) is 17.3. The molecule has 1 amide bonds. The molecule has 1 saturated heterocycles. The lowest BCUT2D eigenvalue weighted by atomic mass is 10.1. The molecule has 148 valence electrons. The Kier molecular flexibility index (Phi) is 6.46. The van der Waals surface area contributed by atoms with E-state index < -0.39 is 5.97 Å². The van der Waals surface area contributed by atoms with Gasteiger partial charge < -0.3 is 14.2 Å². The smallest absolute Gasteiger partial charge is 0.326 e. The molecule has 2 aromatic rings. The van der Waals surface area contributed by atoms with Gasteiger partial charge in [-0.15, -0.1) is 0 Å². The van der Waals surface area contributed by atoms with Gasteiger partial charge in [-0.2, -0.15) is 0 Å². The Balaban J connectivity index is 1.63. The van der Waals surface area contributed by atoms with Gasteiger partial charge in [0.15, 0.2) is 6.61 Å². The lowest BCUT2D eigenvalue weighted by Crippen LogP contribution is -2.31. The highest BCUT2D eigenvalue weighted by Crippen LogP contribution is 2.22. The fraction of sp³-hybridized carbons (Fsp3) is 0.350. The summed E-state index contributed by atoms with van der Waals surface area (Å²) in [6.45, 7) is 4.40. The van der Waals surface area contributed by atoms with Crippen LogP contribution in [0.15, 0.2) is 30.3 Å². The van der Waals surface area contributed by atoms with Crippen molar-refractivity contribution in [1.82, 2.24) is 9.47 Å². The first-order chi connectivity index (χ1) is 13.4. The largest absolute Gasteiger partial charge is 0.456 e. The molecule has 0 bridgehead atoms. The van der Waals surface area contributed by atoms with Crippen LogP contribution in [0.3, 0.4) is 0 Å². The second kappa shape index (κ2) is 8.84. The third-order valence-electron chi connectivity index (χ3n) is 4.69. The zero-order valence-electron chi connectivity index (χ0n) is 15.7. The van der Waals surface area contributed by atoms with Gasteiger partial charge in [0.2, 0.25) is 5.78 Å². The van der Waals surface area contributed by atoms with Crippen LogP contribution in [0.1, 0.15) is 27.3 Å². The molecule has 1 aromatic carbocycles. The molecule has 0 radical (unpaired) electrons. The van der Waals surface area contributed by atoms with Crippen LogP contribution < -0.4 is 0 Å². The number of carbonyl (C=O) groups is 3. The second-order valence-electron chi connectivity index (χ2n) is 6.58. The Morgan fingerprint density at radius 2 is 2.00 bits per heavy atom. The Labute approximate surface area is 172 Å². The highest BCUT2D eigenvalue weighted by Gasteiger charge is 2.24. The van der Waals surface area contributed by atoms with Crippen molar-refractivity contribution in [2.45, 2.75) is 20.4 Å². The van der Waals surface area contributed by atoms with Crippen molar-refractivity contribution in [2.24, 2.45) is 0 Å². The summed E-state index contributed by atoms with van der Waals surface area (Å²) in [6, 6.07) is 9.37. The number of halogens is 1. The predicted molar refractivity (Wildman–Crippen MR) is 109 cm³/mol. The second-order valence-corrected chi connectivity index (χ2v) is 8.04. The van der Waals surface area contributed by atoms with Crippen molar-refractivity contribution in [2.75, 3.05) is 25.4 Å². The Hall–Kier alpha value is -2.25. The predicted octanol–water partition coefficient (Wildman–Crippen LogP) is 3.70. The number of hydrogen-bond acceptors (Lipinski definition) is 5. The van der Waals surface area contributed by atoms with Crippen LogP contribution in [0.2, 0.25) is 5.02 Å². The first-order valence-electron chi connectivity index (χ1n) is 8.87. The summed E-state index contributed by atoms with van der Waals surface area (Å²) in [6.07, 6.45) is 0. The number of ketones is 1. The van der Waals surface area contributed by atoms with Crippen LogP contribution in [0.4, 0.5) is 4.79 Å². The van der Waals surface area contributed by atoms with Crippen molar-refractivity contribution >= 4 is 40.4 Å². The van der Waals surface area contributed by atoms with Crippen LogP contribution in [0.5, 0.6) is 0 Å². The van der Waals surface area contributed by atoms with E-state index in [0.29, 0.717) is 29.4 Å². The van der Waals surface area contributed by atoms with E-state index in [0.717, 1.165) is 17.0 Å². The summed E-state index contributed by atoms with van der Waals surface area (Å²) in [5.41, 5.74) is 3.20. The number of rotatable bonds is 7. The van der Waals surface area contributed by atoms with Crippen molar-refractivity contribution in [3.63, 3.8) is 0 Å². The molecule has 1 fully saturated rings. The molecule has 0 aliphatic carbocycles. The van der Waals surface area contributed by atoms with Gasteiger partial charge in [-0.25, -0.2) is 0 Å². The molecule has 0 atom stereocenters. The third kappa shape index (κ3) is 4.59. The number of aryl methyl sites for hydroxylation is 1. The standard InChI is InChI=1S/C20H21ClN2O4S/c1-13-9-16(14(2)23(13)10-15-5-3-4-6-17(15)21)18(24)12-27-19(25)11-22-7-8-28-20(22)26/h3-6,9H,7-8,10-12H2,1-2H3. The molecule has 0 unspecified atom stereocenters. The van der Waals surface area contributed by atoms with Gasteiger partial charge in [0, 0.05) is 40.8 Å². The monoisotopic (exact) mass is 420 g/mol. The fourth-order valence-corrected chi connectivity index (χ4v) is 4.14. The van der Waals surface area contributed by atoms with Crippen molar-refractivity contribution in [3.8, 4) is 0 Å². The molecular weight excluding hydrogens is 400 g/mol. The summed E-state index contributed by atoms with van der Waals surface area (Å²) in [7, 11) is 0. The highest BCUT2D eigenvalue weighted by molar-refractivity contribution is 8.13. The normalized spacial score (nSPS) is 13.8. The Morgan fingerprint density at radius 3 is 2.68 bits per heavy atom. The molecule has 1 aliphatic rings. The van der Waals surface area contributed by atoms with E-state index in [4.69, 9.17) is 16.3 Å². The number of amides is 1. The van der Waals surface area contributed by atoms with Gasteiger partial charge in [0.1, 0.15) is 6.54 Å². The lowest BCUT2D eigenvalue weighted by molar-refractivity contribution is -0.142. The molecule has 1 aliphatic heterocycles. The van der Waals surface area contributed by atoms with E-state index in [9.17, 15) is 14.4 Å². The average Bonchev–Trinajstić information content (AvgIpc) is 3.19. The third-order valence-corrected chi connectivity index (χ3v) is 5.95. The first-order valence-corrected chi connectivity index (χ1v) is 10.2. The van der Waals surface area contributed by atoms with Crippen LogP contribution in [0.25, 0.3) is 0 Å². The summed E-state index contributed by atoms with van der Waals surface area (Å²) < 4.78 is 7.10. The molecule has 0 N–H and O–H groups in total. The Morgan fingerprint density at radius 1 is 1.25 bits per heavy atom. The quantitative estimate of drug-likeness (QED) is 0.504.